The van der Waals surface area contributed by atoms with Gasteiger partial charge in [-0.2, -0.15) is 0 Å². The Kier molecular flexibility index (Phi) is 6.17. The Morgan fingerprint density at radius 3 is 2.39 bits per heavy atom. The Labute approximate surface area is 150 Å². The summed E-state index contributed by atoms with van der Waals surface area (Å²) in [5, 5.41) is 4.48. The van der Waals surface area contributed by atoms with Gasteiger partial charge in [-0.3, -0.25) is 4.79 Å². The lowest BCUT2D eigenvalue weighted by Gasteiger charge is -2.20. The van der Waals surface area contributed by atoms with Gasteiger partial charge in [0.15, 0.2) is 6.10 Å². The summed E-state index contributed by atoms with van der Waals surface area (Å²) < 4.78 is 5.59. The molecule has 23 heavy (non-hydrogen) atoms. The van der Waals surface area contributed by atoms with Crippen molar-refractivity contribution in [1.82, 2.24) is 5.32 Å². The average Bonchev–Trinajstić information content (AvgIpc) is 2.46. The van der Waals surface area contributed by atoms with Gasteiger partial charge in [-0.05, 0) is 49.7 Å². The lowest BCUT2D eigenvalue weighted by atomic mass is 10.1. The molecule has 0 radical (unpaired) electrons. The van der Waals surface area contributed by atoms with Crippen LogP contribution in [0.1, 0.15) is 25.5 Å². The van der Waals surface area contributed by atoms with E-state index in [1.807, 2.05) is 6.92 Å². The standard InChI is InChI=1S/C17H16Cl3NO2/c1-10(15-7-6-13(19)9-16(15)20)21-17(22)11(2)23-14-5-3-4-12(18)8-14/h3-11H,1-2H3,(H,21,22)/t10-,11+/m1/s1. The Morgan fingerprint density at radius 1 is 1.04 bits per heavy atom. The largest absolute Gasteiger partial charge is 0.481 e. The second-order valence-corrected chi connectivity index (χ2v) is 6.39. The van der Waals surface area contributed by atoms with E-state index in [2.05, 4.69) is 5.32 Å². The Hall–Kier alpha value is -1.42. The summed E-state index contributed by atoms with van der Waals surface area (Å²) in [4.78, 5) is 12.3. The van der Waals surface area contributed by atoms with E-state index in [0.717, 1.165) is 5.56 Å². The molecule has 0 aliphatic rings. The second kappa shape index (κ2) is 7.91. The minimum atomic E-state index is -0.665. The number of hydrogen-bond donors (Lipinski definition) is 1. The fourth-order valence-corrected chi connectivity index (χ4v) is 2.81. The maximum absolute atomic E-state index is 12.3. The highest BCUT2D eigenvalue weighted by Gasteiger charge is 2.19. The van der Waals surface area contributed by atoms with Crippen molar-refractivity contribution in [2.24, 2.45) is 0 Å². The van der Waals surface area contributed by atoms with Crippen molar-refractivity contribution in [1.29, 1.82) is 0 Å². The first-order valence-electron chi connectivity index (χ1n) is 7.04. The van der Waals surface area contributed by atoms with E-state index in [1.165, 1.54) is 0 Å². The van der Waals surface area contributed by atoms with Gasteiger partial charge in [0.05, 0.1) is 6.04 Å². The summed E-state index contributed by atoms with van der Waals surface area (Å²) in [6, 6.07) is 11.8. The first-order chi connectivity index (χ1) is 10.9. The minimum Gasteiger partial charge on any atom is -0.481 e. The van der Waals surface area contributed by atoms with E-state index in [0.29, 0.717) is 20.8 Å². The van der Waals surface area contributed by atoms with Gasteiger partial charge in [-0.15, -0.1) is 0 Å². The van der Waals surface area contributed by atoms with Crippen LogP contribution < -0.4 is 10.1 Å². The lowest BCUT2D eigenvalue weighted by Crippen LogP contribution is -2.37. The molecule has 3 nitrogen and oxygen atoms in total. The Balaban J connectivity index is 2.00. The predicted octanol–water partition coefficient (Wildman–Crippen LogP) is 5.29. The molecule has 0 unspecified atom stereocenters. The van der Waals surface area contributed by atoms with Gasteiger partial charge in [0, 0.05) is 15.1 Å². The number of carbonyl (C=O) groups excluding carboxylic acids is 1. The molecule has 2 rings (SSSR count). The van der Waals surface area contributed by atoms with E-state index in [4.69, 9.17) is 39.5 Å². The van der Waals surface area contributed by atoms with E-state index in [-0.39, 0.29) is 11.9 Å². The highest BCUT2D eigenvalue weighted by molar-refractivity contribution is 6.35. The summed E-state index contributed by atoms with van der Waals surface area (Å²) in [6.07, 6.45) is -0.665. The van der Waals surface area contributed by atoms with Crippen LogP contribution in [0.3, 0.4) is 0 Å². The summed E-state index contributed by atoms with van der Waals surface area (Å²) in [7, 11) is 0. The van der Waals surface area contributed by atoms with Crippen LogP contribution in [0.25, 0.3) is 0 Å². The number of benzene rings is 2. The highest BCUT2D eigenvalue weighted by Crippen LogP contribution is 2.26. The molecule has 0 aromatic heterocycles. The molecule has 1 N–H and O–H groups in total. The van der Waals surface area contributed by atoms with Gasteiger partial charge in [0.1, 0.15) is 5.75 Å². The van der Waals surface area contributed by atoms with Crippen molar-refractivity contribution in [3.8, 4) is 5.75 Å². The predicted molar refractivity (Wildman–Crippen MR) is 94.6 cm³/mol. The number of amides is 1. The van der Waals surface area contributed by atoms with Crippen LogP contribution >= 0.6 is 34.8 Å². The van der Waals surface area contributed by atoms with Crippen molar-refractivity contribution < 1.29 is 9.53 Å². The third-order valence-electron chi connectivity index (χ3n) is 3.27. The topological polar surface area (TPSA) is 38.3 Å². The molecule has 122 valence electrons. The van der Waals surface area contributed by atoms with Gasteiger partial charge < -0.3 is 10.1 Å². The molecule has 0 fully saturated rings. The summed E-state index contributed by atoms with van der Waals surface area (Å²) in [5.74, 6) is 0.292. The van der Waals surface area contributed by atoms with E-state index < -0.39 is 6.10 Å². The summed E-state index contributed by atoms with van der Waals surface area (Å²) in [6.45, 7) is 3.52. The molecule has 0 aliphatic carbocycles. The van der Waals surface area contributed by atoms with Gasteiger partial charge in [-0.1, -0.05) is 46.9 Å². The summed E-state index contributed by atoms with van der Waals surface area (Å²) in [5.41, 5.74) is 0.791. The SMILES string of the molecule is C[C@H](Oc1cccc(Cl)c1)C(=O)N[C@H](C)c1ccc(Cl)cc1Cl. The first kappa shape index (κ1) is 17.9. The van der Waals surface area contributed by atoms with Crippen LogP contribution in [0.2, 0.25) is 15.1 Å². The number of carbonyl (C=O) groups is 1. The zero-order valence-corrected chi connectivity index (χ0v) is 14.9. The molecule has 0 aliphatic heterocycles. The lowest BCUT2D eigenvalue weighted by molar-refractivity contribution is -0.127. The average molecular weight is 373 g/mol. The molecule has 2 aromatic rings. The number of halogens is 3. The molecular weight excluding hydrogens is 357 g/mol. The third kappa shape index (κ3) is 5.03. The van der Waals surface area contributed by atoms with Gasteiger partial charge in [0.2, 0.25) is 0 Å². The zero-order chi connectivity index (χ0) is 17.0. The molecule has 2 aromatic carbocycles. The summed E-state index contributed by atoms with van der Waals surface area (Å²) >= 11 is 17.9. The zero-order valence-electron chi connectivity index (χ0n) is 12.6. The number of ether oxygens (including phenoxy) is 1. The van der Waals surface area contributed by atoms with Crippen LogP contribution in [0.5, 0.6) is 5.75 Å². The van der Waals surface area contributed by atoms with Crippen molar-refractivity contribution in [3.63, 3.8) is 0 Å². The molecular formula is C17H16Cl3NO2. The molecule has 2 atom stereocenters. The molecule has 6 heteroatoms. The molecule has 0 saturated carbocycles. The van der Waals surface area contributed by atoms with Crippen LogP contribution in [0.15, 0.2) is 42.5 Å². The molecule has 0 bridgehead atoms. The van der Waals surface area contributed by atoms with Crippen LogP contribution in [-0.2, 0) is 4.79 Å². The van der Waals surface area contributed by atoms with Crippen molar-refractivity contribution in [2.75, 3.05) is 0 Å². The number of nitrogens with one attached hydrogen (secondary N) is 1. The fraction of sp³-hybridized carbons (Fsp3) is 0.235. The first-order valence-corrected chi connectivity index (χ1v) is 8.17. The monoisotopic (exact) mass is 371 g/mol. The van der Waals surface area contributed by atoms with E-state index >= 15 is 0 Å². The van der Waals surface area contributed by atoms with Crippen molar-refractivity contribution >= 4 is 40.7 Å². The van der Waals surface area contributed by atoms with Gasteiger partial charge >= 0.3 is 0 Å². The molecule has 0 heterocycles. The van der Waals surface area contributed by atoms with E-state index in [1.54, 1.807) is 49.4 Å². The van der Waals surface area contributed by atoms with Crippen LogP contribution in [-0.4, -0.2) is 12.0 Å². The Bertz CT molecular complexity index is 706. The molecule has 1 amide bonds. The number of rotatable bonds is 5. The number of hydrogen-bond acceptors (Lipinski definition) is 2. The van der Waals surface area contributed by atoms with Gasteiger partial charge in [0.25, 0.3) is 5.91 Å². The quantitative estimate of drug-likeness (QED) is 0.774. The molecule has 0 spiro atoms. The third-order valence-corrected chi connectivity index (χ3v) is 4.06. The highest BCUT2D eigenvalue weighted by atomic mass is 35.5. The molecule has 0 saturated heterocycles. The van der Waals surface area contributed by atoms with Crippen LogP contribution in [0.4, 0.5) is 0 Å². The van der Waals surface area contributed by atoms with Crippen molar-refractivity contribution in [2.45, 2.75) is 26.0 Å². The van der Waals surface area contributed by atoms with Crippen LogP contribution in [0, 0.1) is 0 Å². The second-order valence-electron chi connectivity index (χ2n) is 5.11. The fourth-order valence-electron chi connectivity index (χ4n) is 2.06. The smallest absolute Gasteiger partial charge is 0.261 e. The normalized spacial score (nSPS) is 13.3. The maximum Gasteiger partial charge on any atom is 0.261 e. The van der Waals surface area contributed by atoms with E-state index in [9.17, 15) is 4.79 Å². The maximum atomic E-state index is 12.3. The minimum absolute atomic E-state index is 0.247. The van der Waals surface area contributed by atoms with Crippen molar-refractivity contribution in [3.05, 3.63) is 63.1 Å². The van der Waals surface area contributed by atoms with Gasteiger partial charge in [-0.25, -0.2) is 0 Å². The Morgan fingerprint density at radius 2 is 1.74 bits per heavy atom.